The van der Waals surface area contributed by atoms with Crippen LogP contribution in [0.5, 0.6) is 0 Å². The van der Waals surface area contributed by atoms with Gasteiger partial charge in [-0.25, -0.2) is 15.0 Å². The molecule has 3 heterocycles. The van der Waals surface area contributed by atoms with Gasteiger partial charge in [-0.15, -0.1) is 0 Å². The first-order valence-corrected chi connectivity index (χ1v) is 17.7. The Morgan fingerprint density at radius 1 is 0.269 bits per heavy atom. The van der Waals surface area contributed by atoms with Crippen LogP contribution in [-0.2, 0) is 0 Å². The number of pyridine rings is 3. The summed E-state index contributed by atoms with van der Waals surface area (Å²) in [6.07, 6.45) is 0. The van der Waals surface area contributed by atoms with Gasteiger partial charge in [0.1, 0.15) is 0 Å². The molecule has 0 aliphatic carbocycles. The predicted octanol–water partition coefficient (Wildman–Crippen LogP) is 12.9. The second-order valence-electron chi connectivity index (χ2n) is 13.6. The van der Waals surface area contributed by atoms with Crippen LogP contribution in [0, 0.1) is 0 Å². The van der Waals surface area contributed by atoms with Gasteiger partial charge in [0.25, 0.3) is 0 Å². The standard InChI is InChI=1S/C49H29N3/c1-2-10-30(11-3-1)43-26-24-31-18-19-32-25-27-44(51-48(32)47(31)50-43)35-22-20-34-29-36(23-21-33(34)28-35)46-42-17-9-7-15-40(42)45-39-14-6-4-12-37(39)38-13-5-8-16-41(38)49(45)52-46/h1-29H. The number of benzene rings is 8. The van der Waals surface area contributed by atoms with E-state index in [2.05, 4.69) is 158 Å². The Balaban J connectivity index is 1.05. The zero-order chi connectivity index (χ0) is 34.2. The van der Waals surface area contributed by atoms with Crippen LogP contribution in [0.4, 0.5) is 0 Å². The molecule has 3 nitrogen and oxygen atoms in total. The lowest BCUT2D eigenvalue weighted by Crippen LogP contribution is -1.93. The lowest BCUT2D eigenvalue weighted by atomic mass is 9.92. The molecule has 0 bridgehead atoms. The second kappa shape index (κ2) is 11.3. The number of nitrogens with zero attached hydrogens (tertiary/aromatic N) is 3. The monoisotopic (exact) mass is 659 g/mol. The van der Waals surface area contributed by atoms with Crippen LogP contribution in [0.3, 0.4) is 0 Å². The first-order valence-electron chi connectivity index (χ1n) is 17.7. The van der Waals surface area contributed by atoms with Crippen LogP contribution in [0.25, 0.3) is 110 Å². The third kappa shape index (κ3) is 4.43. The Bertz CT molecular complexity index is 3240. The zero-order valence-electron chi connectivity index (χ0n) is 28.1. The van der Waals surface area contributed by atoms with Gasteiger partial charge in [-0.05, 0) is 56.6 Å². The fourth-order valence-electron chi connectivity index (χ4n) is 8.06. The maximum Gasteiger partial charge on any atom is 0.0972 e. The summed E-state index contributed by atoms with van der Waals surface area (Å²) < 4.78 is 0. The molecular weight excluding hydrogens is 631 g/mol. The van der Waals surface area contributed by atoms with Crippen molar-refractivity contribution in [3.05, 3.63) is 176 Å². The maximum absolute atomic E-state index is 5.49. The summed E-state index contributed by atoms with van der Waals surface area (Å²) in [6.45, 7) is 0. The summed E-state index contributed by atoms with van der Waals surface area (Å²) in [7, 11) is 0. The van der Waals surface area contributed by atoms with Crippen LogP contribution >= 0.6 is 0 Å². The molecule has 0 atom stereocenters. The van der Waals surface area contributed by atoms with Gasteiger partial charge in [0.15, 0.2) is 0 Å². The zero-order valence-corrected chi connectivity index (χ0v) is 28.1. The van der Waals surface area contributed by atoms with E-state index in [9.17, 15) is 0 Å². The molecule has 0 amide bonds. The Labute approximate surface area is 299 Å². The van der Waals surface area contributed by atoms with Gasteiger partial charge in [0.05, 0.1) is 33.6 Å². The van der Waals surface area contributed by atoms with Crippen molar-refractivity contribution in [3.8, 4) is 33.8 Å². The molecule has 11 aromatic rings. The average Bonchev–Trinajstić information content (AvgIpc) is 3.22. The molecule has 52 heavy (non-hydrogen) atoms. The second-order valence-corrected chi connectivity index (χ2v) is 13.6. The number of fused-ring (bicyclic) bond motifs is 12. The Hall–Kier alpha value is -6.97. The molecule has 11 rings (SSSR count). The Morgan fingerprint density at radius 3 is 1.40 bits per heavy atom. The van der Waals surface area contributed by atoms with Gasteiger partial charge < -0.3 is 0 Å². The van der Waals surface area contributed by atoms with Crippen molar-refractivity contribution in [1.29, 1.82) is 0 Å². The van der Waals surface area contributed by atoms with Crippen molar-refractivity contribution >= 4 is 75.8 Å². The normalized spacial score (nSPS) is 11.8. The number of aromatic nitrogens is 3. The fourth-order valence-corrected chi connectivity index (χ4v) is 8.06. The SMILES string of the molecule is c1ccc(-c2ccc3ccc4ccc(-c5ccc6cc(-c7nc8c9ccccc9c9ccccc9c8c8ccccc78)ccc6c5)nc4c3n2)cc1. The fraction of sp³-hybridized carbons (Fsp3) is 0. The van der Waals surface area contributed by atoms with E-state index in [0.717, 1.165) is 77.3 Å². The lowest BCUT2D eigenvalue weighted by molar-refractivity contribution is 1.37. The highest BCUT2D eigenvalue weighted by atomic mass is 14.8. The summed E-state index contributed by atoms with van der Waals surface area (Å²) >= 11 is 0. The number of rotatable bonds is 3. The molecule has 0 radical (unpaired) electrons. The molecule has 0 aliphatic heterocycles. The highest BCUT2D eigenvalue weighted by Gasteiger charge is 2.17. The van der Waals surface area contributed by atoms with Crippen LogP contribution in [0.1, 0.15) is 0 Å². The summed E-state index contributed by atoms with van der Waals surface area (Å²) in [6, 6.07) is 62.5. The topological polar surface area (TPSA) is 38.7 Å². The number of hydrogen-bond donors (Lipinski definition) is 0. The molecular formula is C49H29N3. The van der Waals surface area contributed by atoms with E-state index < -0.39 is 0 Å². The summed E-state index contributed by atoms with van der Waals surface area (Å²) in [5, 5.41) is 13.0. The van der Waals surface area contributed by atoms with Crippen molar-refractivity contribution in [3.63, 3.8) is 0 Å². The minimum absolute atomic E-state index is 0.915. The van der Waals surface area contributed by atoms with Gasteiger partial charge in [-0.1, -0.05) is 152 Å². The molecule has 0 saturated carbocycles. The first kappa shape index (κ1) is 28.8. The van der Waals surface area contributed by atoms with Crippen LogP contribution < -0.4 is 0 Å². The van der Waals surface area contributed by atoms with Crippen molar-refractivity contribution in [2.45, 2.75) is 0 Å². The van der Waals surface area contributed by atoms with E-state index in [1.165, 1.54) is 32.3 Å². The van der Waals surface area contributed by atoms with Crippen LogP contribution in [0.15, 0.2) is 176 Å². The lowest BCUT2D eigenvalue weighted by Gasteiger charge is -2.15. The number of hydrogen-bond acceptors (Lipinski definition) is 3. The minimum Gasteiger partial charge on any atom is -0.246 e. The highest BCUT2D eigenvalue weighted by Crippen LogP contribution is 2.41. The van der Waals surface area contributed by atoms with Crippen molar-refractivity contribution < 1.29 is 0 Å². The van der Waals surface area contributed by atoms with E-state index in [4.69, 9.17) is 15.0 Å². The highest BCUT2D eigenvalue weighted by molar-refractivity contribution is 6.31. The summed E-state index contributed by atoms with van der Waals surface area (Å²) in [5.74, 6) is 0. The first-order chi connectivity index (χ1) is 25.8. The van der Waals surface area contributed by atoms with Gasteiger partial charge in [-0.3, -0.25) is 0 Å². The molecule has 8 aromatic carbocycles. The molecule has 0 fully saturated rings. The van der Waals surface area contributed by atoms with E-state index in [1.807, 2.05) is 18.2 Å². The minimum atomic E-state index is 0.915. The Morgan fingerprint density at radius 2 is 0.731 bits per heavy atom. The van der Waals surface area contributed by atoms with Crippen LogP contribution in [0.2, 0.25) is 0 Å². The molecule has 240 valence electrons. The molecule has 0 unspecified atom stereocenters. The van der Waals surface area contributed by atoms with E-state index in [-0.39, 0.29) is 0 Å². The third-order valence-electron chi connectivity index (χ3n) is 10.6. The van der Waals surface area contributed by atoms with Crippen LogP contribution in [-0.4, -0.2) is 15.0 Å². The van der Waals surface area contributed by atoms with E-state index in [1.54, 1.807) is 0 Å². The molecule has 0 saturated heterocycles. The summed E-state index contributed by atoms with van der Waals surface area (Å²) in [5.41, 5.74) is 9.03. The Kier molecular flexibility index (Phi) is 6.25. The molecule has 0 N–H and O–H groups in total. The van der Waals surface area contributed by atoms with Crippen molar-refractivity contribution in [2.24, 2.45) is 0 Å². The molecule has 3 heteroatoms. The van der Waals surface area contributed by atoms with E-state index >= 15 is 0 Å². The van der Waals surface area contributed by atoms with Crippen molar-refractivity contribution in [2.75, 3.05) is 0 Å². The van der Waals surface area contributed by atoms with E-state index in [0.29, 0.717) is 0 Å². The van der Waals surface area contributed by atoms with Gasteiger partial charge >= 0.3 is 0 Å². The predicted molar refractivity (Wildman–Crippen MR) is 219 cm³/mol. The smallest absolute Gasteiger partial charge is 0.0972 e. The molecule has 0 aliphatic rings. The molecule has 0 spiro atoms. The van der Waals surface area contributed by atoms with Gasteiger partial charge in [0, 0.05) is 43.6 Å². The van der Waals surface area contributed by atoms with Gasteiger partial charge in [-0.2, -0.15) is 0 Å². The largest absolute Gasteiger partial charge is 0.246 e. The van der Waals surface area contributed by atoms with Crippen molar-refractivity contribution in [1.82, 2.24) is 15.0 Å². The van der Waals surface area contributed by atoms with Gasteiger partial charge in [0.2, 0.25) is 0 Å². The summed E-state index contributed by atoms with van der Waals surface area (Å²) in [4.78, 5) is 15.8. The third-order valence-corrected chi connectivity index (χ3v) is 10.6. The maximum atomic E-state index is 5.49. The quantitative estimate of drug-likeness (QED) is 0.177. The average molecular weight is 660 g/mol. The molecule has 3 aromatic heterocycles.